The van der Waals surface area contributed by atoms with Gasteiger partial charge < -0.3 is 30.6 Å². The van der Waals surface area contributed by atoms with Crippen molar-refractivity contribution in [3.8, 4) is 0 Å². The van der Waals surface area contributed by atoms with Crippen LogP contribution < -0.4 is 10.8 Å². The van der Waals surface area contributed by atoms with Crippen molar-refractivity contribution in [1.29, 1.82) is 0 Å². The number of ether oxygens (including phenoxy) is 1. The Morgan fingerprint density at radius 2 is 1.79 bits per heavy atom. The van der Waals surface area contributed by atoms with Gasteiger partial charge in [0.1, 0.15) is 24.5 Å². The second-order valence-corrected chi connectivity index (χ2v) is 5.74. The maximum atomic E-state index is 11.4. The molecule has 0 aromatic rings. The standard InChI is InChI=1S/C14H23N3O7/c18-7-8-12(21)13(22)11(14(16-23)24-8)15-5-1-2-6-17-9(19)3-4-10(17)20/h3-4,8,11-16,18,21-23H,1-2,5-7H2. The zero-order valence-electron chi connectivity index (χ0n) is 13.0. The molecule has 0 aromatic heterocycles. The summed E-state index contributed by atoms with van der Waals surface area (Å²) >= 11 is 0. The molecule has 0 spiro atoms. The van der Waals surface area contributed by atoms with Crippen LogP contribution >= 0.6 is 0 Å². The van der Waals surface area contributed by atoms with Gasteiger partial charge in [-0.2, -0.15) is 5.48 Å². The molecule has 1 fully saturated rings. The lowest BCUT2D eigenvalue weighted by atomic mass is 9.96. The number of rotatable bonds is 8. The van der Waals surface area contributed by atoms with Gasteiger partial charge in [0.2, 0.25) is 0 Å². The number of carbonyl (C=O) groups excluding carboxylic acids is 2. The number of hydrogen-bond acceptors (Lipinski definition) is 9. The molecule has 0 aliphatic carbocycles. The highest BCUT2D eigenvalue weighted by molar-refractivity contribution is 6.12. The van der Waals surface area contributed by atoms with Crippen molar-refractivity contribution in [3.63, 3.8) is 0 Å². The third-order valence-corrected chi connectivity index (χ3v) is 4.14. The van der Waals surface area contributed by atoms with Gasteiger partial charge in [0.05, 0.1) is 12.6 Å². The van der Waals surface area contributed by atoms with E-state index in [1.54, 1.807) is 0 Å². The van der Waals surface area contributed by atoms with Gasteiger partial charge in [-0.1, -0.05) is 0 Å². The van der Waals surface area contributed by atoms with Crippen LogP contribution in [0.5, 0.6) is 0 Å². The summed E-state index contributed by atoms with van der Waals surface area (Å²) in [7, 11) is 0. The molecular weight excluding hydrogens is 322 g/mol. The monoisotopic (exact) mass is 345 g/mol. The number of amides is 2. The van der Waals surface area contributed by atoms with Gasteiger partial charge in [-0.05, 0) is 19.4 Å². The zero-order chi connectivity index (χ0) is 17.7. The van der Waals surface area contributed by atoms with Crippen molar-refractivity contribution < 1.29 is 34.9 Å². The summed E-state index contributed by atoms with van der Waals surface area (Å²) in [4.78, 5) is 23.9. The Hall–Kier alpha value is -1.40. The number of unbranched alkanes of at least 4 members (excludes halogenated alkanes) is 1. The van der Waals surface area contributed by atoms with Crippen molar-refractivity contribution in [2.45, 2.75) is 43.4 Å². The Kier molecular flexibility index (Phi) is 6.80. The number of hydrogen-bond donors (Lipinski definition) is 6. The number of aliphatic hydroxyl groups is 3. The highest BCUT2D eigenvalue weighted by Crippen LogP contribution is 2.19. The fourth-order valence-electron chi connectivity index (χ4n) is 2.77. The predicted molar refractivity (Wildman–Crippen MR) is 79.6 cm³/mol. The first-order valence-corrected chi connectivity index (χ1v) is 7.78. The van der Waals surface area contributed by atoms with Gasteiger partial charge in [0.25, 0.3) is 11.8 Å². The molecule has 2 aliphatic rings. The van der Waals surface area contributed by atoms with Crippen LogP contribution in [0.4, 0.5) is 0 Å². The van der Waals surface area contributed by atoms with E-state index in [-0.39, 0.29) is 11.8 Å². The molecule has 2 heterocycles. The first-order chi connectivity index (χ1) is 11.5. The number of aliphatic hydroxyl groups excluding tert-OH is 3. The summed E-state index contributed by atoms with van der Waals surface area (Å²) < 4.78 is 5.26. The Balaban J connectivity index is 1.74. The molecule has 6 N–H and O–H groups in total. The van der Waals surface area contributed by atoms with E-state index in [9.17, 15) is 19.8 Å². The van der Waals surface area contributed by atoms with Crippen LogP contribution in [0.25, 0.3) is 0 Å². The number of nitrogens with one attached hydrogen (secondary N) is 2. The molecule has 0 saturated carbocycles. The highest BCUT2D eigenvalue weighted by atomic mass is 16.6. The van der Waals surface area contributed by atoms with Crippen LogP contribution in [0.2, 0.25) is 0 Å². The normalized spacial score (nSPS) is 33.5. The molecular formula is C14H23N3O7. The average molecular weight is 345 g/mol. The van der Waals surface area contributed by atoms with E-state index in [2.05, 4.69) is 5.32 Å². The van der Waals surface area contributed by atoms with Crippen LogP contribution in [-0.2, 0) is 14.3 Å². The second-order valence-electron chi connectivity index (χ2n) is 5.74. The van der Waals surface area contributed by atoms with Gasteiger partial charge in [-0.15, -0.1) is 0 Å². The maximum Gasteiger partial charge on any atom is 0.253 e. The maximum absolute atomic E-state index is 11.4. The molecule has 5 unspecified atom stereocenters. The number of carbonyl (C=O) groups is 2. The summed E-state index contributed by atoms with van der Waals surface area (Å²) in [5.41, 5.74) is 1.89. The van der Waals surface area contributed by atoms with Crippen molar-refractivity contribution >= 4 is 11.8 Å². The van der Waals surface area contributed by atoms with E-state index in [1.807, 2.05) is 5.48 Å². The third kappa shape index (κ3) is 4.16. The summed E-state index contributed by atoms with van der Waals surface area (Å²) in [6.45, 7) is 0.214. The molecule has 1 saturated heterocycles. The van der Waals surface area contributed by atoms with Crippen molar-refractivity contribution in [3.05, 3.63) is 12.2 Å². The smallest absolute Gasteiger partial charge is 0.253 e. The number of nitrogens with zero attached hydrogens (tertiary/aromatic N) is 1. The zero-order valence-corrected chi connectivity index (χ0v) is 13.0. The second kappa shape index (κ2) is 8.62. The third-order valence-electron chi connectivity index (χ3n) is 4.14. The van der Waals surface area contributed by atoms with E-state index in [4.69, 9.17) is 15.1 Å². The van der Waals surface area contributed by atoms with Gasteiger partial charge >= 0.3 is 0 Å². The summed E-state index contributed by atoms with van der Waals surface area (Å²) in [6.07, 6.45) is -0.907. The minimum atomic E-state index is -1.29. The van der Waals surface area contributed by atoms with E-state index >= 15 is 0 Å². The number of hydroxylamine groups is 1. The molecule has 0 bridgehead atoms. The van der Waals surface area contributed by atoms with Crippen LogP contribution in [0.15, 0.2) is 12.2 Å². The minimum absolute atomic E-state index is 0.299. The Labute approximate surface area is 138 Å². The van der Waals surface area contributed by atoms with Crippen molar-refractivity contribution in [2.75, 3.05) is 19.7 Å². The SMILES string of the molecule is O=C1C=CC(=O)N1CCCCNC1C(NO)OC(CO)C(O)C1O. The molecule has 2 amide bonds. The predicted octanol–water partition coefficient (Wildman–Crippen LogP) is -2.93. The van der Waals surface area contributed by atoms with Crippen LogP contribution in [0, 0.1) is 0 Å². The first kappa shape index (κ1) is 18.9. The molecule has 0 aromatic carbocycles. The van der Waals surface area contributed by atoms with Crippen LogP contribution in [-0.4, -0.2) is 87.5 Å². The molecule has 2 rings (SSSR count). The summed E-state index contributed by atoms with van der Waals surface area (Å²) in [6, 6.07) is -0.787. The summed E-state index contributed by atoms with van der Waals surface area (Å²) in [5.74, 6) is -0.654. The fourth-order valence-corrected chi connectivity index (χ4v) is 2.77. The lowest BCUT2D eigenvalue weighted by Gasteiger charge is -2.42. The molecule has 10 heteroatoms. The summed E-state index contributed by atoms with van der Waals surface area (Å²) in [5, 5.41) is 41.1. The van der Waals surface area contributed by atoms with Crippen molar-refractivity contribution in [2.24, 2.45) is 0 Å². The van der Waals surface area contributed by atoms with Gasteiger partial charge in [-0.3, -0.25) is 14.5 Å². The first-order valence-electron chi connectivity index (χ1n) is 7.78. The lowest BCUT2D eigenvalue weighted by molar-refractivity contribution is -0.222. The molecule has 0 radical (unpaired) electrons. The average Bonchev–Trinajstić information content (AvgIpc) is 2.90. The lowest BCUT2D eigenvalue weighted by Crippen LogP contribution is -2.66. The largest absolute Gasteiger partial charge is 0.394 e. The molecule has 2 aliphatic heterocycles. The topological polar surface area (TPSA) is 152 Å². The van der Waals surface area contributed by atoms with Gasteiger partial charge in [0.15, 0.2) is 0 Å². The van der Waals surface area contributed by atoms with Gasteiger partial charge in [0, 0.05) is 18.7 Å². The molecule has 10 nitrogen and oxygen atoms in total. The highest BCUT2D eigenvalue weighted by Gasteiger charge is 2.43. The Morgan fingerprint density at radius 1 is 1.12 bits per heavy atom. The quantitative estimate of drug-likeness (QED) is 0.154. The van der Waals surface area contributed by atoms with Crippen LogP contribution in [0.3, 0.4) is 0 Å². The fraction of sp³-hybridized carbons (Fsp3) is 0.714. The Bertz CT molecular complexity index is 467. The van der Waals surface area contributed by atoms with Gasteiger partial charge in [-0.25, -0.2) is 0 Å². The number of imide groups is 1. The van der Waals surface area contributed by atoms with E-state index in [0.29, 0.717) is 25.9 Å². The molecule has 136 valence electrons. The van der Waals surface area contributed by atoms with E-state index in [1.165, 1.54) is 12.2 Å². The van der Waals surface area contributed by atoms with Crippen LogP contribution in [0.1, 0.15) is 12.8 Å². The Morgan fingerprint density at radius 3 is 2.38 bits per heavy atom. The van der Waals surface area contributed by atoms with Crippen molar-refractivity contribution in [1.82, 2.24) is 15.7 Å². The van der Waals surface area contributed by atoms with E-state index < -0.39 is 37.2 Å². The van der Waals surface area contributed by atoms with E-state index in [0.717, 1.165) is 4.90 Å². The minimum Gasteiger partial charge on any atom is -0.394 e. The molecule has 5 atom stereocenters. The molecule has 24 heavy (non-hydrogen) atoms.